The van der Waals surface area contributed by atoms with Crippen LogP contribution in [-0.2, 0) is 5.60 Å². The molecule has 0 radical (unpaired) electrons. The van der Waals surface area contributed by atoms with Crippen LogP contribution in [0.2, 0.25) is 0 Å². The summed E-state index contributed by atoms with van der Waals surface area (Å²) in [5.74, 6) is 0.205. The van der Waals surface area contributed by atoms with Gasteiger partial charge in [-0.1, -0.05) is 24.3 Å². The molecule has 0 aliphatic carbocycles. The fraction of sp³-hybridized carbons (Fsp3) is 0.294. The zero-order chi connectivity index (χ0) is 14.2. The number of phenols is 1. The maximum absolute atomic E-state index is 10.9. The third-order valence-electron chi connectivity index (χ3n) is 3.79. The van der Waals surface area contributed by atoms with Gasteiger partial charge in [-0.15, -0.1) is 0 Å². The summed E-state index contributed by atoms with van der Waals surface area (Å²) in [6.45, 7) is 7.92. The van der Waals surface area contributed by atoms with Gasteiger partial charge in [-0.25, -0.2) is 0 Å². The van der Waals surface area contributed by atoms with Crippen LogP contribution in [0.5, 0.6) is 5.75 Å². The Morgan fingerprint density at radius 1 is 0.842 bits per heavy atom. The number of benzene rings is 2. The molecule has 0 spiro atoms. The molecule has 2 aromatic rings. The minimum atomic E-state index is -1.06. The number of aliphatic hydroxyl groups is 1. The van der Waals surface area contributed by atoms with Crippen molar-refractivity contribution in [3.05, 3.63) is 64.2 Å². The molecule has 0 saturated heterocycles. The Morgan fingerprint density at radius 2 is 1.37 bits per heavy atom. The van der Waals surface area contributed by atoms with Crippen molar-refractivity contribution in [1.82, 2.24) is 0 Å². The first-order chi connectivity index (χ1) is 8.82. The summed E-state index contributed by atoms with van der Waals surface area (Å²) in [5, 5.41) is 20.2. The molecular weight excluding hydrogens is 236 g/mol. The number of aromatic hydroxyl groups is 1. The lowest BCUT2D eigenvalue weighted by molar-refractivity contribution is 0.101. The second-order valence-electron chi connectivity index (χ2n) is 5.37. The second kappa shape index (κ2) is 4.71. The predicted octanol–water partition coefficient (Wildman–Crippen LogP) is 3.57. The van der Waals surface area contributed by atoms with E-state index >= 15 is 0 Å². The summed E-state index contributed by atoms with van der Waals surface area (Å²) in [5.41, 5.74) is 4.08. The summed E-state index contributed by atoms with van der Waals surface area (Å²) < 4.78 is 0. The van der Waals surface area contributed by atoms with Gasteiger partial charge in [-0.05, 0) is 67.6 Å². The van der Waals surface area contributed by atoms with Crippen LogP contribution in [0.15, 0.2) is 36.4 Å². The van der Waals surface area contributed by atoms with Gasteiger partial charge < -0.3 is 10.2 Å². The molecule has 2 aromatic carbocycles. The Bertz CT molecular complexity index is 595. The summed E-state index contributed by atoms with van der Waals surface area (Å²) in [6.07, 6.45) is 0. The summed E-state index contributed by atoms with van der Waals surface area (Å²) >= 11 is 0. The molecule has 0 aliphatic heterocycles. The van der Waals surface area contributed by atoms with Crippen LogP contribution in [0, 0.1) is 20.8 Å². The third kappa shape index (κ3) is 2.49. The van der Waals surface area contributed by atoms with Crippen molar-refractivity contribution in [2.75, 3.05) is 0 Å². The van der Waals surface area contributed by atoms with Crippen molar-refractivity contribution in [3.63, 3.8) is 0 Å². The standard InChI is InChI=1S/C17H20O2/c1-11-9-13(3)16(10-12(11)2)17(4,19)14-5-7-15(18)8-6-14/h5-10,18-19H,1-4H3. The zero-order valence-corrected chi connectivity index (χ0v) is 11.9. The Hall–Kier alpha value is -1.80. The zero-order valence-electron chi connectivity index (χ0n) is 11.9. The molecule has 0 heterocycles. The van der Waals surface area contributed by atoms with Crippen LogP contribution in [0.4, 0.5) is 0 Å². The fourth-order valence-corrected chi connectivity index (χ4v) is 2.43. The topological polar surface area (TPSA) is 40.5 Å². The van der Waals surface area contributed by atoms with E-state index in [1.807, 2.05) is 19.9 Å². The summed E-state index contributed by atoms with van der Waals surface area (Å²) in [7, 11) is 0. The maximum Gasteiger partial charge on any atom is 0.115 e. The van der Waals surface area contributed by atoms with Gasteiger partial charge in [-0.2, -0.15) is 0 Å². The molecule has 0 saturated carbocycles. The molecule has 19 heavy (non-hydrogen) atoms. The SMILES string of the molecule is Cc1cc(C)c(C(C)(O)c2ccc(O)cc2)cc1C. The highest BCUT2D eigenvalue weighted by Crippen LogP contribution is 2.33. The smallest absolute Gasteiger partial charge is 0.115 e. The van der Waals surface area contributed by atoms with Gasteiger partial charge >= 0.3 is 0 Å². The highest BCUT2D eigenvalue weighted by atomic mass is 16.3. The first kappa shape index (κ1) is 13.6. The molecule has 1 atom stereocenters. The highest BCUT2D eigenvalue weighted by Gasteiger charge is 2.27. The average Bonchev–Trinajstić information content (AvgIpc) is 2.34. The molecule has 2 heteroatoms. The van der Waals surface area contributed by atoms with Crippen LogP contribution in [0.3, 0.4) is 0 Å². The van der Waals surface area contributed by atoms with E-state index in [-0.39, 0.29) is 5.75 Å². The molecule has 100 valence electrons. The van der Waals surface area contributed by atoms with Gasteiger partial charge in [-0.3, -0.25) is 0 Å². The molecule has 2 rings (SSSR count). The average molecular weight is 256 g/mol. The lowest BCUT2D eigenvalue weighted by Gasteiger charge is -2.27. The number of aryl methyl sites for hydroxylation is 3. The van der Waals surface area contributed by atoms with Gasteiger partial charge in [0.2, 0.25) is 0 Å². The van der Waals surface area contributed by atoms with Crippen molar-refractivity contribution in [2.45, 2.75) is 33.3 Å². The molecule has 0 fully saturated rings. The van der Waals surface area contributed by atoms with Crippen molar-refractivity contribution in [2.24, 2.45) is 0 Å². The van der Waals surface area contributed by atoms with Crippen molar-refractivity contribution < 1.29 is 10.2 Å². The molecule has 2 N–H and O–H groups in total. The fourth-order valence-electron chi connectivity index (χ4n) is 2.43. The first-order valence-electron chi connectivity index (χ1n) is 6.42. The van der Waals surface area contributed by atoms with E-state index in [0.717, 1.165) is 16.7 Å². The summed E-state index contributed by atoms with van der Waals surface area (Å²) in [4.78, 5) is 0. The lowest BCUT2D eigenvalue weighted by Crippen LogP contribution is -2.24. The van der Waals surface area contributed by atoms with Crippen LogP contribution in [-0.4, -0.2) is 10.2 Å². The van der Waals surface area contributed by atoms with Crippen LogP contribution in [0.25, 0.3) is 0 Å². The van der Waals surface area contributed by atoms with E-state index in [1.54, 1.807) is 31.2 Å². The quantitative estimate of drug-likeness (QED) is 0.862. The first-order valence-corrected chi connectivity index (χ1v) is 6.42. The minimum Gasteiger partial charge on any atom is -0.508 e. The monoisotopic (exact) mass is 256 g/mol. The molecule has 0 aromatic heterocycles. The summed E-state index contributed by atoms with van der Waals surface area (Å²) in [6, 6.07) is 10.8. The third-order valence-corrected chi connectivity index (χ3v) is 3.79. The highest BCUT2D eigenvalue weighted by molar-refractivity contribution is 5.45. The molecule has 2 nitrogen and oxygen atoms in total. The largest absolute Gasteiger partial charge is 0.508 e. The molecule has 1 unspecified atom stereocenters. The van der Waals surface area contributed by atoms with E-state index in [1.165, 1.54) is 11.1 Å². The molecular formula is C17H20O2. The van der Waals surface area contributed by atoms with E-state index < -0.39 is 5.60 Å². The van der Waals surface area contributed by atoms with Crippen LogP contribution < -0.4 is 0 Å². The molecule has 0 amide bonds. The molecule has 0 bridgehead atoms. The van der Waals surface area contributed by atoms with Gasteiger partial charge in [0.15, 0.2) is 0 Å². The van der Waals surface area contributed by atoms with Crippen LogP contribution in [0.1, 0.15) is 34.7 Å². The van der Waals surface area contributed by atoms with E-state index in [2.05, 4.69) is 13.0 Å². The van der Waals surface area contributed by atoms with E-state index in [0.29, 0.717) is 0 Å². The van der Waals surface area contributed by atoms with Crippen molar-refractivity contribution in [3.8, 4) is 5.75 Å². The lowest BCUT2D eigenvalue weighted by atomic mass is 9.84. The normalized spacial score (nSPS) is 14.2. The van der Waals surface area contributed by atoms with Gasteiger partial charge in [0.1, 0.15) is 11.4 Å². The Labute approximate surface area is 114 Å². The van der Waals surface area contributed by atoms with E-state index in [9.17, 15) is 10.2 Å². The van der Waals surface area contributed by atoms with Gasteiger partial charge in [0.25, 0.3) is 0 Å². The van der Waals surface area contributed by atoms with Gasteiger partial charge in [0.05, 0.1) is 0 Å². The Kier molecular flexibility index (Phi) is 3.38. The van der Waals surface area contributed by atoms with Crippen molar-refractivity contribution in [1.29, 1.82) is 0 Å². The van der Waals surface area contributed by atoms with Crippen LogP contribution >= 0.6 is 0 Å². The van der Waals surface area contributed by atoms with E-state index in [4.69, 9.17) is 0 Å². The maximum atomic E-state index is 10.9. The number of rotatable bonds is 2. The Morgan fingerprint density at radius 3 is 1.95 bits per heavy atom. The number of hydrogen-bond donors (Lipinski definition) is 2. The molecule has 0 aliphatic rings. The number of hydrogen-bond acceptors (Lipinski definition) is 2. The van der Waals surface area contributed by atoms with Gasteiger partial charge in [0, 0.05) is 0 Å². The second-order valence-corrected chi connectivity index (χ2v) is 5.37. The Balaban J connectivity index is 2.55. The van der Waals surface area contributed by atoms with Crippen molar-refractivity contribution >= 4 is 0 Å². The predicted molar refractivity (Wildman–Crippen MR) is 77.4 cm³/mol. The number of phenolic OH excluding ortho intramolecular Hbond substituents is 1. The minimum absolute atomic E-state index is 0.205.